The van der Waals surface area contributed by atoms with Gasteiger partial charge in [-0.05, 0) is 85.9 Å². The second-order valence-electron chi connectivity index (χ2n) is 7.98. The highest BCUT2D eigenvalue weighted by molar-refractivity contribution is 9.10. The van der Waals surface area contributed by atoms with E-state index in [1.807, 2.05) is 0 Å². The summed E-state index contributed by atoms with van der Waals surface area (Å²) >= 11 is 3.60. The summed E-state index contributed by atoms with van der Waals surface area (Å²) in [5.41, 5.74) is 3.97. The molecule has 0 amide bonds. The predicted molar refractivity (Wildman–Crippen MR) is 110 cm³/mol. The molecular formula is C23H28BrNO. The Morgan fingerprint density at radius 1 is 1.00 bits per heavy atom. The van der Waals surface area contributed by atoms with E-state index in [4.69, 9.17) is 0 Å². The number of likely N-dealkylation sites (tertiary alicyclic amines) is 1. The lowest BCUT2D eigenvalue weighted by atomic mass is 9.88. The fraction of sp³-hybridized carbons (Fsp3) is 0.478. The molecule has 0 bridgehead atoms. The highest BCUT2D eigenvalue weighted by Crippen LogP contribution is 2.34. The first kappa shape index (κ1) is 18.2. The van der Waals surface area contributed by atoms with Crippen molar-refractivity contribution >= 4 is 15.9 Å². The fourth-order valence-electron chi connectivity index (χ4n) is 4.75. The number of benzene rings is 2. The molecule has 1 aliphatic carbocycles. The molecule has 1 heterocycles. The molecule has 2 aliphatic rings. The van der Waals surface area contributed by atoms with E-state index >= 15 is 0 Å². The number of hydrogen-bond acceptors (Lipinski definition) is 2. The van der Waals surface area contributed by atoms with Gasteiger partial charge >= 0.3 is 0 Å². The number of hydrogen-bond donors (Lipinski definition) is 1. The van der Waals surface area contributed by atoms with Crippen LogP contribution in [0.5, 0.6) is 0 Å². The lowest BCUT2D eigenvalue weighted by Crippen LogP contribution is -2.36. The molecule has 4 rings (SSSR count). The number of fused-ring (bicyclic) bond motifs is 1. The van der Waals surface area contributed by atoms with Crippen molar-refractivity contribution in [1.29, 1.82) is 0 Å². The Hall–Kier alpha value is -1.16. The minimum Gasteiger partial charge on any atom is -0.388 e. The molecule has 0 saturated carbocycles. The van der Waals surface area contributed by atoms with E-state index in [9.17, 15) is 5.11 Å². The maximum absolute atomic E-state index is 10.6. The fourth-order valence-corrected chi connectivity index (χ4v) is 5.16. The van der Waals surface area contributed by atoms with Crippen molar-refractivity contribution in [1.82, 2.24) is 4.90 Å². The molecule has 2 aromatic carbocycles. The molecule has 3 heteroatoms. The Balaban J connectivity index is 1.32. The minimum atomic E-state index is -0.294. The summed E-state index contributed by atoms with van der Waals surface area (Å²) in [5.74, 6) is 1.28. The highest BCUT2D eigenvalue weighted by Gasteiger charge is 2.27. The lowest BCUT2D eigenvalue weighted by molar-refractivity contribution is 0.117. The molecule has 1 aliphatic heterocycles. The Morgan fingerprint density at radius 3 is 2.62 bits per heavy atom. The topological polar surface area (TPSA) is 23.5 Å². The number of aliphatic hydroxyl groups is 1. The summed E-state index contributed by atoms with van der Waals surface area (Å²) in [6.45, 7) is 3.49. The largest absolute Gasteiger partial charge is 0.388 e. The maximum Gasteiger partial charge on any atom is 0.0795 e. The number of aliphatic hydroxyl groups excluding tert-OH is 1. The first-order valence-electron chi connectivity index (χ1n) is 9.92. The summed E-state index contributed by atoms with van der Waals surface area (Å²) in [6, 6.07) is 17.2. The summed E-state index contributed by atoms with van der Waals surface area (Å²) < 4.78 is 1.18. The monoisotopic (exact) mass is 413 g/mol. The van der Waals surface area contributed by atoms with Gasteiger partial charge in [-0.25, -0.2) is 0 Å². The van der Waals surface area contributed by atoms with E-state index in [1.165, 1.54) is 48.0 Å². The van der Waals surface area contributed by atoms with Gasteiger partial charge in [0.15, 0.2) is 0 Å². The molecule has 0 aromatic heterocycles. The van der Waals surface area contributed by atoms with Crippen molar-refractivity contribution in [2.45, 2.75) is 44.1 Å². The van der Waals surface area contributed by atoms with Crippen LogP contribution in [-0.4, -0.2) is 29.6 Å². The third kappa shape index (κ3) is 4.21. The van der Waals surface area contributed by atoms with Crippen LogP contribution in [0, 0.1) is 5.92 Å². The molecule has 1 fully saturated rings. The summed E-state index contributed by atoms with van der Waals surface area (Å²) in [5, 5.41) is 10.6. The zero-order chi connectivity index (χ0) is 17.9. The van der Waals surface area contributed by atoms with Gasteiger partial charge in [-0.3, -0.25) is 0 Å². The standard InChI is InChI=1S/C23H28BrNO/c24-21-6-3-5-20(15-21)18-10-12-25(13-11-18)16-17-8-9-19-4-1-2-7-22(19)23(26)14-17/h1-7,15,17-18,23,26H,8-14,16H2/t17-,23-/m0/s1. The molecule has 0 radical (unpaired) electrons. The van der Waals surface area contributed by atoms with Crippen LogP contribution in [0.1, 0.15) is 54.4 Å². The Labute approximate surface area is 165 Å². The van der Waals surface area contributed by atoms with Gasteiger partial charge < -0.3 is 10.0 Å². The van der Waals surface area contributed by atoms with Crippen molar-refractivity contribution < 1.29 is 5.11 Å². The zero-order valence-corrected chi connectivity index (χ0v) is 16.9. The van der Waals surface area contributed by atoms with Crippen LogP contribution in [0.4, 0.5) is 0 Å². The van der Waals surface area contributed by atoms with Crippen molar-refractivity contribution in [3.05, 3.63) is 69.7 Å². The molecule has 1 N–H and O–H groups in total. The highest BCUT2D eigenvalue weighted by atomic mass is 79.9. The number of halogens is 1. The number of rotatable bonds is 3. The van der Waals surface area contributed by atoms with Crippen LogP contribution in [0.3, 0.4) is 0 Å². The van der Waals surface area contributed by atoms with Crippen LogP contribution in [0.2, 0.25) is 0 Å². The second kappa shape index (κ2) is 8.24. The zero-order valence-electron chi connectivity index (χ0n) is 15.3. The van der Waals surface area contributed by atoms with Crippen LogP contribution in [0.25, 0.3) is 0 Å². The van der Waals surface area contributed by atoms with Crippen molar-refractivity contribution in [2.75, 3.05) is 19.6 Å². The van der Waals surface area contributed by atoms with E-state index in [-0.39, 0.29) is 6.10 Å². The molecule has 1 saturated heterocycles. The average Bonchev–Trinajstić information content (AvgIpc) is 2.82. The Bertz CT molecular complexity index is 738. The van der Waals surface area contributed by atoms with Gasteiger partial charge in [0.1, 0.15) is 0 Å². The Morgan fingerprint density at radius 2 is 1.81 bits per heavy atom. The van der Waals surface area contributed by atoms with Gasteiger partial charge in [-0.15, -0.1) is 0 Å². The summed E-state index contributed by atoms with van der Waals surface area (Å²) in [4.78, 5) is 2.63. The lowest BCUT2D eigenvalue weighted by Gasteiger charge is -2.34. The summed E-state index contributed by atoms with van der Waals surface area (Å²) in [6.07, 6.45) is 5.39. The van der Waals surface area contributed by atoms with E-state index in [0.29, 0.717) is 11.8 Å². The maximum atomic E-state index is 10.6. The molecule has 0 unspecified atom stereocenters. The average molecular weight is 414 g/mol. The van der Waals surface area contributed by atoms with Crippen LogP contribution in [-0.2, 0) is 6.42 Å². The van der Waals surface area contributed by atoms with E-state index in [1.54, 1.807) is 0 Å². The third-order valence-corrected chi connectivity index (χ3v) is 6.71. The van der Waals surface area contributed by atoms with Crippen LogP contribution in [0.15, 0.2) is 53.0 Å². The van der Waals surface area contributed by atoms with Crippen molar-refractivity contribution in [3.63, 3.8) is 0 Å². The predicted octanol–water partition coefficient (Wildman–Crippen LogP) is 5.31. The molecule has 2 atom stereocenters. The van der Waals surface area contributed by atoms with Gasteiger partial charge in [0.2, 0.25) is 0 Å². The van der Waals surface area contributed by atoms with Gasteiger partial charge in [-0.2, -0.15) is 0 Å². The molecule has 2 nitrogen and oxygen atoms in total. The van der Waals surface area contributed by atoms with Gasteiger partial charge in [-0.1, -0.05) is 52.3 Å². The van der Waals surface area contributed by atoms with Gasteiger partial charge in [0.25, 0.3) is 0 Å². The van der Waals surface area contributed by atoms with Gasteiger partial charge in [0, 0.05) is 11.0 Å². The first-order chi connectivity index (χ1) is 12.7. The molecule has 0 spiro atoms. The second-order valence-corrected chi connectivity index (χ2v) is 8.90. The van der Waals surface area contributed by atoms with E-state index in [2.05, 4.69) is 69.4 Å². The Kier molecular flexibility index (Phi) is 5.78. The molecule has 2 aromatic rings. The molecule has 138 valence electrons. The normalized spacial score (nSPS) is 24.8. The minimum absolute atomic E-state index is 0.294. The third-order valence-electron chi connectivity index (χ3n) is 6.22. The van der Waals surface area contributed by atoms with Gasteiger partial charge in [0.05, 0.1) is 6.10 Å². The first-order valence-corrected chi connectivity index (χ1v) is 10.7. The summed E-state index contributed by atoms with van der Waals surface area (Å²) in [7, 11) is 0. The molecule has 26 heavy (non-hydrogen) atoms. The van der Waals surface area contributed by atoms with Crippen LogP contribution < -0.4 is 0 Å². The van der Waals surface area contributed by atoms with E-state index < -0.39 is 0 Å². The smallest absolute Gasteiger partial charge is 0.0795 e. The van der Waals surface area contributed by atoms with E-state index in [0.717, 1.165) is 24.9 Å². The molecular weight excluding hydrogens is 386 g/mol. The quantitative estimate of drug-likeness (QED) is 0.688. The number of nitrogens with zero attached hydrogens (tertiary/aromatic N) is 1. The van der Waals surface area contributed by atoms with Crippen LogP contribution >= 0.6 is 15.9 Å². The van der Waals surface area contributed by atoms with Crippen molar-refractivity contribution in [2.24, 2.45) is 5.92 Å². The SMILES string of the molecule is O[C@H]1C[C@@H](CN2CCC(c3cccc(Br)c3)CC2)CCc2ccccc21. The number of piperidine rings is 1. The van der Waals surface area contributed by atoms with Crippen molar-refractivity contribution in [3.8, 4) is 0 Å². The number of aryl methyl sites for hydroxylation is 1.